The van der Waals surface area contributed by atoms with Gasteiger partial charge in [0.05, 0.1) is 13.7 Å². The summed E-state index contributed by atoms with van der Waals surface area (Å²) in [5.41, 5.74) is 0.492. The van der Waals surface area contributed by atoms with Gasteiger partial charge in [0.15, 0.2) is 0 Å². The number of hydrogen-bond donors (Lipinski definition) is 1. The lowest BCUT2D eigenvalue weighted by molar-refractivity contribution is -0.153. The van der Waals surface area contributed by atoms with Crippen molar-refractivity contribution in [1.82, 2.24) is 0 Å². The van der Waals surface area contributed by atoms with E-state index >= 15 is 0 Å². The van der Waals surface area contributed by atoms with Gasteiger partial charge in [0, 0.05) is 24.0 Å². The monoisotopic (exact) mass is 311 g/mol. The number of hydrogen-bond acceptors (Lipinski definition) is 6. The van der Waals surface area contributed by atoms with Crippen molar-refractivity contribution < 1.29 is 28.2 Å². The third kappa shape index (κ3) is 6.74. The summed E-state index contributed by atoms with van der Waals surface area (Å²) >= 11 is 0. The number of methoxy groups -OCH3 is 1. The Labute approximate surface area is 127 Å². The number of benzene rings is 1. The number of nitrogens with one attached hydrogen (secondary N) is 1. The fourth-order valence-corrected chi connectivity index (χ4v) is 1.49. The zero-order chi connectivity index (χ0) is 16.4. The van der Waals surface area contributed by atoms with Crippen LogP contribution in [0.4, 0.5) is 10.1 Å². The summed E-state index contributed by atoms with van der Waals surface area (Å²) in [6.45, 7) is 1.85. The van der Waals surface area contributed by atoms with Crippen LogP contribution in [0.25, 0.3) is 0 Å². The molecule has 0 saturated heterocycles. The number of carbonyl (C=O) groups is 2. The molecule has 7 heteroatoms. The third-order valence-corrected chi connectivity index (χ3v) is 2.41. The Morgan fingerprint density at radius 2 is 1.95 bits per heavy atom. The van der Waals surface area contributed by atoms with Crippen LogP contribution >= 0.6 is 0 Å². The van der Waals surface area contributed by atoms with Crippen LogP contribution in [-0.2, 0) is 19.1 Å². The minimum Gasteiger partial charge on any atom is -0.497 e. The summed E-state index contributed by atoms with van der Waals surface area (Å²) < 4.78 is 27.6. The summed E-state index contributed by atoms with van der Waals surface area (Å²) in [6, 6.07) is 4.16. The predicted molar refractivity (Wildman–Crippen MR) is 77.9 cm³/mol. The van der Waals surface area contributed by atoms with Gasteiger partial charge >= 0.3 is 11.9 Å². The highest BCUT2D eigenvalue weighted by molar-refractivity contribution is 5.91. The highest BCUT2D eigenvalue weighted by atomic mass is 19.1. The van der Waals surface area contributed by atoms with Gasteiger partial charge in [0.25, 0.3) is 0 Å². The molecule has 1 rings (SSSR count). The highest BCUT2D eigenvalue weighted by Gasteiger charge is 2.10. The van der Waals surface area contributed by atoms with Crippen molar-refractivity contribution in [2.75, 3.05) is 25.6 Å². The fraction of sp³-hybridized carbons (Fsp3) is 0.333. The molecule has 0 aliphatic rings. The molecule has 1 aromatic carbocycles. The first-order valence-electron chi connectivity index (χ1n) is 6.62. The maximum Gasteiger partial charge on any atom is 0.317 e. The molecule has 1 N–H and O–H groups in total. The molecule has 0 fully saturated rings. The van der Waals surface area contributed by atoms with Gasteiger partial charge in [-0.2, -0.15) is 0 Å². The number of esters is 2. The Bertz CT molecular complexity index is 545. The van der Waals surface area contributed by atoms with E-state index in [1.54, 1.807) is 13.0 Å². The molecule has 0 saturated carbocycles. The summed E-state index contributed by atoms with van der Waals surface area (Å²) in [5, 5.41) is 2.81. The van der Waals surface area contributed by atoms with E-state index in [4.69, 9.17) is 9.47 Å². The minimum atomic E-state index is -0.671. The number of anilines is 1. The lowest BCUT2D eigenvalue weighted by atomic mass is 10.3. The van der Waals surface area contributed by atoms with Gasteiger partial charge in [-0.3, -0.25) is 9.59 Å². The van der Waals surface area contributed by atoms with Crippen LogP contribution in [0.5, 0.6) is 5.75 Å². The zero-order valence-electron chi connectivity index (χ0n) is 12.4. The molecule has 120 valence electrons. The van der Waals surface area contributed by atoms with Gasteiger partial charge in [-0.05, 0) is 19.1 Å². The standard InChI is InChI=1S/C15H18FNO5/c1-3-21-14(18)10-15(19)22-6-4-5-17-12-7-11(16)8-13(9-12)20-2/h4-5,7-9,17H,3,6,10H2,1-2H3/b5-4+. The molecule has 22 heavy (non-hydrogen) atoms. The normalized spacial score (nSPS) is 10.3. The topological polar surface area (TPSA) is 73.9 Å². The van der Waals surface area contributed by atoms with E-state index < -0.39 is 24.2 Å². The number of rotatable bonds is 8. The molecular formula is C15H18FNO5. The van der Waals surface area contributed by atoms with Crippen LogP contribution in [0, 0.1) is 5.82 Å². The molecule has 0 bridgehead atoms. The largest absolute Gasteiger partial charge is 0.497 e. The summed E-state index contributed by atoms with van der Waals surface area (Å²) in [4.78, 5) is 22.3. The van der Waals surface area contributed by atoms with Crippen LogP contribution in [0.3, 0.4) is 0 Å². The predicted octanol–water partition coefficient (Wildman–Crippen LogP) is 2.26. The quantitative estimate of drug-likeness (QED) is 0.586. The van der Waals surface area contributed by atoms with E-state index in [0.717, 1.165) is 0 Å². The Morgan fingerprint density at radius 3 is 2.64 bits per heavy atom. The molecule has 0 spiro atoms. The molecule has 1 aromatic rings. The molecule has 0 heterocycles. The van der Waals surface area contributed by atoms with E-state index in [-0.39, 0.29) is 13.2 Å². The minimum absolute atomic E-state index is 0.0162. The number of carbonyl (C=O) groups excluding carboxylic acids is 2. The van der Waals surface area contributed by atoms with E-state index in [9.17, 15) is 14.0 Å². The molecular weight excluding hydrogens is 293 g/mol. The number of halogens is 1. The first-order chi connectivity index (χ1) is 10.5. The van der Waals surface area contributed by atoms with Gasteiger partial charge in [0.2, 0.25) is 0 Å². The average molecular weight is 311 g/mol. The molecule has 0 aromatic heterocycles. The smallest absolute Gasteiger partial charge is 0.317 e. The SMILES string of the molecule is CCOC(=O)CC(=O)OC/C=C/Nc1cc(F)cc(OC)c1. The molecule has 0 amide bonds. The van der Waals surface area contributed by atoms with Crippen LogP contribution in [0.15, 0.2) is 30.5 Å². The van der Waals surface area contributed by atoms with E-state index in [1.165, 1.54) is 31.5 Å². The summed E-state index contributed by atoms with van der Waals surface area (Å²) in [5.74, 6) is -1.34. The second-order valence-corrected chi connectivity index (χ2v) is 4.09. The first kappa shape index (κ1) is 17.5. The Hall–Kier alpha value is -2.57. The maximum absolute atomic E-state index is 13.2. The van der Waals surface area contributed by atoms with Gasteiger partial charge in [0.1, 0.15) is 24.6 Å². The Kier molecular flexibility index (Phi) is 7.45. The highest BCUT2D eigenvalue weighted by Crippen LogP contribution is 2.19. The molecule has 0 atom stereocenters. The van der Waals surface area contributed by atoms with Crippen molar-refractivity contribution in [2.45, 2.75) is 13.3 Å². The fourth-order valence-electron chi connectivity index (χ4n) is 1.49. The van der Waals surface area contributed by atoms with Crippen molar-refractivity contribution in [3.63, 3.8) is 0 Å². The van der Waals surface area contributed by atoms with Crippen molar-refractivity contribution in [3.05, 3.63) is 36.3 Å². The summed E-state index contributed by atoms with van der Waals surface area (Å²) in [6.07, 6.45) is 2.59. The van der Waals surface area contributed by atoms with Gasteiger partial charge < -0.3 is 19.5 Å². The lowest BCUT2D eigenvalue weighted by Gasteiger charge is -2.05. The first-order valence-corrected chi connectivity index (χ1v) is 6.62. The maximum atomic E-state index is 13.2. The van der Waals surface area contributed by atoms with Gasteiger partial charge in [-0.1, -0.05) is 0 Å². The van der Waals surface area contributed by atoms with Crippen LogP contribution in [0.2, 0.25) is 0 Å². The van der Waals surface area contributed by atoms with E-state index in [1.807, 2.05) is 0 Å². The third-order valence-electron chi connectivity index (χ3n) is 2.41. The molecule has 0 unspecified atom stereocenters. The van der Waals surface area contributed by atoms with Crippen LogP contribution < -0.4 is 10.1 Å². The summed E-state index contributed by atoms with van der Waals surface area (Å²) in [7, 11) is 1.44. The van der Waals surface area contributed by atoms with Crippen molar-refractivity contribution in [3.8, 4) is 5.75 Å². The second-order valence-electron chi connectivity index (χ2n) is 4.09. The van der Waals surface area contributed by atoms with Crippen LogP contribution in [-0.4, -0.2) is 32.3 Å². The second kappa shape index (κ2) is 9.38. The van der Waals surface area contributed by atoms with E-state index in [0.29, 0.717) is 11.4 Å². The molecule has 0 aliphatic carbocycles. The lowest BCUT2D eigenvalue weighted by Crippen LogP contribution is -2.13. The molecule has 0 aliphatic heterocycles. The van der Waals surface area contributed by atoms with Crippen LogP contribution in [0.1, 0.15) is 13.3 Å². The average Bonchev–Trinajstić information content (AvgIpc) is 2.46. The van der Waals surface area contributed by atoms with Crippen molar-refractivity contribution >= 4 is 17.6 Å². The molecule has 6 nitrogen and oxygen atoms in total. The van der Waals surface area contributed by atoms with Crippen molar-refractivity contribution in [1.29, 1.82) is 0 Å². The van der Waals surface area contributed by atoms with Gasteiger partial charge in [-0.25, -0.2) is 4.39 Å². The van der Waals surface area contributed by atoms with Gasteiger partial charge in [-0.15, -0.1) is 0 Å². The zero-order valence-corrected chi connectivity index (χ0v) is 12.4. The van der Waals surface area contributed by atoms with E-state index in [2.05, 4.69) is 10.1 Å². The molecule has 0 radical (unpaired) electrons. The van der Waals surface area contributed by atoms with Crippen molar-refractivity contribution in [2.24, 2.45) is 0 Å². The Balaban J connectivity index is 2.33. The number of ether oxygens (including phenoxy) is 3. The Morgan fingerprint density at radius 1 is 1.23 bits per heavy atom.